The quantitative estimate of drug-likeness (QED) is 0.617. The second-order valence-corrected chi connectivity index (χ2v) is 4.28. The lowest BCUT2D eigenvalue weighted by Gasteiger charge is -2.18. The van der Waals surface area contributed by atoms with Crippen molar-refractivity contribution in [3.05, 3.63) is 36.2 Å². The Kier molecular flexibility index (Phi) is 2.38. The van der Waals surface area contributed by atoms with Crippen LogP contribution in [0.2, 0.25) is 0 Å². The number of aromatic amines is 1. The van der Waals surface area contributed by atoms with Crippen molar-refractivity contribution >= 4 is 23.4 Å². The Morgan fingerprint density at radius 2 is 2.47 bits per heavy atom. The van der Waals surface area contributed by atoms with E-state index in [4.69, 9.17) is 11.8 Å². The molecule has 0 saturated heterocycles. The molecule has 2 aliphatic heterocycles. The van der Waals surface area contributed by atoms with E-state index >= 15 is 0 Å². The summed E-state index contributed by atoms with van der Waals surface area (Å²) in [6.45, 7) is 2.53. The minimum atomic E-state index is 0.583. The first-order chi connectivity index (χ1) is 8.22. The van der Waals surface area contributed by atoms with Gasteiger partial charge in [-0.15, -0.1) is 0 Å². The van der Waals surface area contributed by atoms with Gasteiger partial charge in [0.25, 0.3) is 11.7 Å². The molecule has 1 aromatic heterocycles. The molecule has 0 amide bonds. The molecular formula is C10H11ClN6+. The van der Waals surface area contributed by atoms with Gasteiger partial charge in [0.05, 0.1) is 6.20 Å². The monoisotopic (exact) mass is 250 g/mol. The highest BCUT2D eigenvalue weighted by atomic mass is 35.5. The number of anilines is 1. The van der Waals surface area contributed by atoms with E-state index in [9.17, 15) is 0 Å². The molecule has 87 valence electrons. The number of aromatic nitrogens is 2. The highest BCUT2D eigenvalue weighted by molar-refractivity contribution is 6.16. The van der Waals surface area contributed by atoms with Crippen molar-refractivity contribution < 1.29 is 0 Å². The maximum Gasteiger partial charge on any atom is 0.285 e. The zero-order valence-corrected chi connectivity index (χ0v) is 9.94. The SMILES string of the molecule is Cc1cc(NC2=CN(Cl)CC3=NC=C[N+]23)n[nH]1. The van der Waals surface area contributed by atoms with Gasteiger partial charge in [-0.25, -0.2) is 0 Å². The average molecular weight is 251 g/mol. The van der Waals surface area contributed by atoms with Crippen LogP contribution in [0.3, 0.4) is 0 Å². The van der Waals surface area contributed by atoms with Crippen LogP contribution >= 0.6 is 11.8 Å². The van der Waals surface area contributed by atoms with E-state index in [2.05, 4.69) is 20.5 Å². The fraction of sp³-hybridized carbons (Fsp3) is 0.200. The van der Waals surface area contributed by atoms with E-state index in [1.807, 2.05) is 24.1 Å². The van der Waals surface area contributed by atoms with Gasteiger partial charge in [-0.2, -0.15) is 10.1 Å². The first-order valence-electron chi connectivity index (χ1n) is 5.18. The van der Waals surface area contributed by atoms with Crippen LogP contribution in [0, 0.1) is 6.92 Å². The van der Waals surface area contributed by atoms with Gasteiger partial charge in [0.1, 0.15) is 12.7 Å². The van der Waals surface area contributed by atoms with Gasteiger partial charge < -0.3 is 0 Å². The standard InChI is InChI=1S/C10H11ClN6/c1-7-4-8(15-14-7)13-10-6-16(11)5-9-12-2-3-17(9)10/h2-4,6H,5H2,1H3,(H2,13,14,15)/q+1. The largest absolute Gasteiger partial charge is 0.288 e. The van der Waals surface area contributed by atoms with Gasteiger partial charge in [-0.3, -0.25) is 14.8 Å². The normalized spacial score (nSPS) is 19.1. The van der Waals surface area contributed by atoms with Crippen molar-refractivity contribution in [1.29, 1.82) is 0 Å². The molecule has 0 bridgehead atoms. The summed E-state index contributed by atoms with van der Waals surface area (Å²) in [5, 5.41) is 10.2. The average Bonchev–Trinajstić information content (AvgIpc) is 2.87. The zero-order chi connectivity index (χ0) is 11.8. The Morgan fingerprint density at radius 1 is 1.59 bits per heavy atom. The van der Waals surface area contributed by atoms with Crippen molar-refractivity contribution in [2.75, 3.05) is 11.9 Å². The number of amidine groups is 1. The Balaban J connectivity index is 1.86. The number of rotatable bonds is 2. The van der Waals surface area contributed by atoms with E-state index in [1.165, 1.54) is 0 Å². The highest BCUT2D eigenvalue weighted by Gasteiger charge is 2.36. The lowest BCUT2D eigenvalue weighted by molar-refractivity contribution is 0.620. The molecule has 0 spiro atoms. The van der Waals surface area contributed by atoms with Crippen LogP contribution in [-0.2, 0) is 0 Å². The molecule has 3 heterocycles. The number of fused-ring (bicyclic) bond motifs is 1. The highest BCUT2D eigenvalue weighted by Crippen LogP contribution is 2.19. The molecule has 0 aliphatic carbocycles. The van der Waals surface area contributed by atoms with Crippen LogP contribution in [0.4, 0.5) is 5.82 Å². The number of halogens is 1. The summed E-state index contributed by atoms with van der Waals surface area (Å²) in [4.78, 5) is 6.18. The van der Waals surface area contributed by atoms with Crippen LogP contribution in [0.5, 0.6) is 0 Å². The number of nitrogens with one attached hydrogen (secondary N) is 2. The van der Waals surface area contributed by atoms with Crippen molar-refractivity contribution in [1.82, 2.24) is 19.5 Å². The molecule has 17 heavy (non-hydrogen) atoms. The predicted molar refractivity (Wildman–Crippen MR) is 66.3 cm³/mol. The second-order valence-electron chi connectivity index (χ2n) is 3.85. The molecule has 0 unspecified atom stereocenters. The van der Waals surface area contributed by atoms with E-state index in [1.54, 1.807) is 16.8 Å². The van der Waals surface area contributed by atoms with Crippen molar-refractivity contribution in [3.63, 3.8) is 0 Å². The molecule has 6 nitrogen and oxygen atoms in total. The van der Waals surface area contributed by atoms with Gasteiger partial charge in [-0.05, 0) is 11.8 Å². The third kappa shape index (κ3) is 1.92. The van der Waals surface area contributed by atoms with Crippen molar-refractivity contribution in [2.24, 2.45) is 4.99 Å². The number of H-pyrrole nitrogens is 1. The van der Waals surface area contributed by atoms with Gasteiger partial charge in [0.2, 0.25) is 0 Å². The Hall–Kier alpha value is -1.79. The molecule has 2 N–H and O–H groups in total. The van der Waals surface area contributed by atoms with E-state index < -0.39 is 0 Å². The summed E-state index contributed by atoms with van der Waals surface area (Å²) in [6.07, 6.45) is 5.44. The summed E-state index contributed by atoms with van der Waals surface area (Å²) < 4.78 is 1.56. The third-order valence-electron chi connectivity index (χ3n) is 2.49. The van der Waals surface area contributed by atoms with Crippen molar-refractivity contribution in [2.45, 2.75) is 6.92 Å². The van der Waals surface area contributed by atoms with Crippen LogP contribution in [-0.4, -0.2) is 27.0 Å². The van der Waals surface area contributed by atoms with E-state index in [-0.39, 0.29) is 0 Å². The zero-order valence-electron chi connectivity index (χ0n) is 9.18. The fourth-order valence-electron chi connectivity index (χ4n) is 1.75. The number of aliphatic imine (C=N–C) groups is 1. The van der Waals surface area contributed by atoms with Gasteiger partial charge >= 0.3 is 0 Å². The molecule has 7 heteroatoms. The number of hydrogen-bond donors (Lipinski definition) is 2. The van der Waals surface area contributed by atoms with Gasteiger partial charge in [-0.1, -0.05) is 0 Å². The first kappa shape index (κ1) is 10.4. The molecule has 1 radical (unpaired) electrons. The summed E-state index contributed by atoms with van der Waals surface area (Å²) in [6, 6.07) is 1.92. The van der Waals surface area contributed by atoms with E-state index in [0.717, 1.165) is 23.2 Å². The van der Waals surface area contributed by atoms with Gasteiger partial charge in [0.15, 0.2) is 12.0 Å². The van der Waals surface area contributed by atoms with Crippen LogP contribution in [0.1, 0.15) is 5.69 Å². The Labute approximate surface area is 103 Å². The Morgan fingerprint density at radius 3 is 3.24 bits per heavy atom. The third-order valence-corrected chi connectivity index (χ3v) is 2.71. The minimum Gasteiger partial charge on any atom is -0.288 e. The van der Waals surface area contributed by atoms with E-state index in [0.29, 0.717) is 6.54 Å². The number of aryl methyl sites for hydroxylation is 1. The van der Waals surface area contributed by atoms with Gasteiger partial charge in [0, 0.05) is 23.5 Å². The molecule has 0 fully saturated rings. The number of nitrogens with zero attached hydrogens (tertiary/aromatic N) is 4. The summed E-state index contributed by atoms with van der Waals surface area (Å²) >= 11 is 6.00. The minimum absolute atomic E-state index is 0.583. The predicted octanol–water partition coefficient (Wildman–Crippen LogP) is 1.42. The van der Waals surface area contributed by atoms with Crippen LogP contribution in [0.25, 0.3) is 0 Å². The van der Waals surface area contributed by atoms with Crippen LogP contribution < -0.4 is 10.2 Å². The molecule has 3 rings (SSSR count). The second kappa shape index (κ2) is 3.90. The lowest BCUT2D eigenvalue weighted by Crippen LogP contribution is -2.42. The molecule has 0 atom stereocenters. The maximum absolute atomic E-state index is 6.00. The summed E-state index contributed by atoms with van der Waals surface area (Å²) in [5.41, 5.74) is 0.998. The lowest BCUT2D eigenvalue weighted by atomic mass is 10.4. The summed E-state index contributed by atoms with van der Waals surface area (Å²) in [7, 11) is 0. The van der Waals surface area contributed by atoms with Crippen molar-refractivity contribution in [3.8, 4) is 0 Å². The fourth-order valence-corrected chi connectivity index (χ4v) is 1.95. The van der Waals surface area contributed by atoms with Crippen LogP contribution in [0.15, 0.2) is 35.5 Å². The first-order valence-corrected chi connectivity index (χ1v) is 5.52. The number of hydrogen-bond acceptors (Lipinski definition) is 5. The maximum atomic E-state index is 6.00. The molecule has 2 aliphatic rings. The Bertz CT molecular complexity index is 529. The molecule has 0 saturated carbocycles. The summed E-state index contributed by atoms with van der Waals surface area (Å²) in [5.74, 6) is 2.46. The molecule has 1 aromatic rings. The molecule has 0 aromatic carbocycles. The molecular weight excluding hydrogens is 240 g/mol. The smallest absolute Gasteiger partial charge is 0.285 e. The topological polar surface area (TPSA) is 62.2 Å².